The van der Waals surface area contributed by atoms with Gasteiger partial charge < -0.3 is 5.11 Å². The van der Waals surface area contributed by atoms with E-state index in [1.165, 1.54) is 40.9 Å². The molecule has 0 amide bonds. The van der Waals surface area contributed by atoms with Gasteiger partial charge in [0.2, 0.25) is 11.7 Å². The van der Waals surface area contributed by atoms with Gasteiger partial charge in [0, 0.05) is 31.3 Å². The molecule has 26 heavy (non-hydrogen) atoms. The number of aromatic nitrogens is 4. The number of ketones is 1. The molecule has 0 bridgehead atoms. The predicted molar refractivity (Wildman–Crippen MR) is 94.7 cm³/mol. The minimum absolute atomic E-state index is 0.00733. The van der Waals surface area contributed by atoms with Crippen molar-refractivity contribution in [2.24, 2.45) is 7.05 Å². The van der Waals surface area contributed by atoms with Crippen LogP contribution in [0.1, 0.15) is 21.6 Å². The predicted octanol–water partition coefficient (Wildman–Crippen LogP) is 1.91. The molecular weight excluding hydrogens is 380 g/mol. The van der Waals surface area contributed by atoms with Crippen molar-refractivity contribution < 1.29 is 18.3 Å². The van der Waals surface area contributed by atoms with Crippen molar-refractivity contribution in [1.82, 2.24) is 19.6 Å². The maximum absolute atomic E-state index is 12.9. The van der Waals surface area contributed by atoms with Crippen LogP contribution in [0.25, 0.3) is 5.69 Å². The van der Waals surface area contributed by atoms with Gasteiger partial charge in [-0.2, -0.15) is 10.2 Å². The monoisotopic (exact) mass is 394 g/mol. The van der Waals surface area contributed by atoms with E-state index < -0.39 is 15.6 Å². The maximum atomic E-state index is 12.9. The van der Waals surface area contributed by atoms with Gasteiger partial charge >= 0.3 is 0 Å². The van der Waals surface area contributed by atoms with E-state index in [-0.39, 0.29) is 32.6 Å². The molecule has 0 unspecified atom stereocenters. The molecule has 0 spiro atoms. The number of hydrogen-bond acceptors (Lipinski definition) is 6. The van der Waals surface area contributed by atoms with Crippen LogP contribution in [-0.4, -0.2) is 45.1 Å². The second-order valence-electron chi connectivity index (χ2n) is 5.73. The molecule has 2 aromatic heterocycles. The van der Waals surface area contributed by atoms with Gasteiger partial charge in [-0.05, 0) is 25.1 Å². The number of nitrogens with zero attached hydrogens (tertiary/aromatic N) is 4. The van der Waals surface area contributed by atoms with Crippen molar-refractivity contribution in [1.29, 1.82) is 0 Å². The van der Waals surface area contributed by atoms with Crippen molar-refractivity contribution in [2.75, 3.05) is 6.26 Å². The number of benzene rings is 1. The summed E-state index contributed by atoms with van der Waals surface area (Å²) in [6, 6.07) is 4.22. The van der Waals surface area contributed by atoms with Gasteiger partial charge in [0.25, 0.3) is 0 Å². The summed E-state index contributed by atoms with van der Waals surface area (Å²) in [7, 11) is -2.12. The lowest BCUT2D eigenvalue weighted by Gasteiger charge is -2.13. The van der Waals surface area contributed by atoms with Gasteiger partial charge in [-0.3, -0.25) is 4.79 Å². The normalized spacial score (nSPS) is 11.7. The number of carbonyl (C=O) groups is 1. The molecule has 8 nitrogen and oxygen atoms in total. The minimum Gasteiger partial charge on any atom is -0.493 e. The van der Waals surface area contributed by atoms with Crippen LogP contribution in [0.15, 0.2) is 35.5 Å². The van der Waals surface area contributed by atoms with Gasteiger partial charge in [-0.25, -0.2) is 17.8 Å². The van der Waals surface area contributed by atoms with Crippen LogP contribution < -0.4 is 0 Å². The first-order valence-corrected chi connectivity index (χ1v) is 9.69. The number of rotatable bonds is 4. The van der Waals surface area contributed by atoms with E-state index in [1.807, 2.05) is 0 Å². The van der Waals surface area contributed by atoms with Gasteiger partial charge in [0.1, 0.15) is 11.3 Å². The highest BCUT2D eigenvalue weighted by Crippen LogP contribution is 2.34. The van der Waals surface area contributed by atoms with Gasteiger partial charge in [-0.15, -0.1) is 0 Å². The average molecular weight is 395 g/mol. The smallest absolute Gasteiger partial charge is 0.220 e. The summed E-state index contributed by atoms with van der Waals surface area (Å²) in [5.74, 6) is -0.858. The molecule has 0 aliphatic heterocycles. The Morgan fingerprint density at radius 3 is 2.50 bits per heavy atom. The molecular formula is C16H15ClN4O4S. The molecule has 0 atom stereocenters. The van der Waals surface area contributed by atoms with Crippen LogP contribution in [-0.2, 0) is 16.9 Å². The highest BCUT2D eigenvalue weighted by Gasteiger charge is 2.27. The Labute approximate surface area is 154 Å². The zero-order chi connectivity index (χ0) is 19.2. The molecule has 1 aromatic carbocycles. The summed E-state index contributed by atoms with van der Waals surface area (Å²) in [5, 5.41) is 18.1. The first kappa shape index (κ1) is 18.2. The Balaban J connectivity index is 2.28. The number of sulfone groups is 1. The summed E-state index contributed by atoms with van der Waals surface area (Å²) in [6.07, 6.45) is 4.04. The van der Waals surface area contributed by atoms with E-state index in [9.17, 15) is 18.3 Å². The van der Waals surface area contributed by atoms with Gasteiger partial charge in [0.15, 0.2) is 9.84 Å². The zero-order valence-corrected chi connectivity index (χ0v) is 15.7. The molecule has 3 aromatic rings. The molecule has 136 valence electrons. The van der Waals surface area contributed by atoms with Crippen molar-refractivity contribution >= 4 is 27.2 Å². The standard InChI is InChI=1S/C16H15ClN4O4S/c1-9-12(16(23)20(2)19-9)15(22)10-5-6-11(26(3,24)25)14(13(10)17)21-8-4-7-18-21/h4-8,23H,1-3H3. The Morgan fingerprint density at radius 2 is 2.00 bits per heavy atom. The molecule has 2 heterocycles. The van der Waals surface area contributed by atoms with E-state index >= 15 is 0 Å². The average Bonchev–Trinajstić information content (AvgIpc) is 3.14. The largest absolute Gasteiger partial charge is 0.493 e. The quantitative estimate of drug-likeness (QED) is 0.677. The molecule has 0 fully saturated rings. The second-order valence-corrected chi connectivity index (χ2v) is 8.10. The number of aromatic hydroxyl groups is 1. The van der Waals surface area contributed by atoms with Crippen LogP contribution in [0.5, 0.6) is 5.88 Å². The first-order valence-electron chi connectivity index (χ1n) is 7.42. The first-order chi connectivity index (χ1) is 12.1. The van der Waals surface area contributed by atoms with Gasteiger partial charge in [-0.1, -0.05) is 11.6 Å². The molecule has 0 aliphatic carbocycles. The van der Waals surface area contributed by atoms with Gasteiger partial charge in [0.05, 0.1) is 15.6 Å². The summed E-state index contributed by atoms with van der Waals surface area (Å²) < 4.78 is 26.7. The fraction of sp³-hybridized carbons (Fsp3) is 0.188. The van der Waals surface area contributed by atoms with E-state index in [0.29, 0.717) is 5.69 Å². The second kappa shape index (κ2) is 6.26. The molecule has 3 rings (SSSR count). The lowest BCUT2D eigenvalue weighted by Crippen LogP contribution is -2.11. The number of carbonyl (C=O) groups excluding carboxylic acids is 1. The number of halogens is 1. The van der Waals surface area contributed by atoms with Crippen LogP contribution in [0.4, 0.5) is 0 Å². The van der Waals surface area contributed by atoms with E-state index in [4.69, 9.17) is 11.6 Å². The summed E-state index contributed by atoms with van der Waals surface area (Å²) in [6.45, 7) is 1.58. The summed E-state index contributed by atoms with van der Waals surface area (Å²) in [4.78, 5) is 12.9. The molecule has 0 radical (unpaired) electrons. The zero-order valence-electron chi connectivity index (χ0n) is 14.1. The Kier molecular flexibility index (Phi) is 4.37. The Morgan fingerprint density at radius 1 is 1.31 bits per heavy atom. The minimum atomic E-state index is -3.62. The van der Waals surface area contributed by atoms with E-state index in [0.717, 1.165) is 6.26 Å². The van der Waals surface area contributed by atoms with Crippen LogP contribution >= 0.6 is 11.6 Å². The Hall–Kier alpha value is -2.65. The molecule has 0 saturated heterocycles. The highest BCUT2D eigenvalue weighted by molar-refractivity contribution is 7.90. The maximum Gasteiger partial charge on any atom is 0.220 e. The van der Waals surface area contributed by atoms with Crippen LogP contribution in [0, 0.1) is 6.92 Å². The SMILES string of the molecule is Cc1nn(C)c(O)c1C(=O)c1ccc(S(C)(=O)=O)c(-n2cccn2)c1Cl. The van der Waals surface area contributed by atoms with Crippen molar-refractivity contribution in [3.63, 3.8) is 0 Å². The third kappa shape index (κ3) is 2.89. The lowest BCUT2D eigenvalue weighted by molar-refractivity contribution is 0.103. The fourth-order valence-electron chi connectivity index (χ4n) is 2.68. The third-order valence-electron chi connectivity index (χ3n) is 3.88. The topological polar surface area (TPSA) is 107 Å². The molecule has 0 aliphatic rings. The molecule has 0 saturated carbocycles. The molecule has 10 heteroatoms. The van der Waals surface area contributed by atoms with E-state index in [1.54, 1.807) is 13.0 Å². The number of hydrogen-bond donors (Lipinski definition) is 1. The highest BCUT2D eigenvalue weighted by atomic mass is 35.5. The van der Waals surface area contributed by atoms with Crippen LogP contribution in [0.2, 0.25) is 5.02 Å². The molecule has 1 N–H and O–H groups in total. The van der Waals surface area contributed by atoms with Crippen molar-refractivity contribution in [3.8, 4) is 11.6 Å². The number of aryl methyl sites for hydroxylation is 2. The summed E-state index contributed by atoms with van der Waals surface area (Å²) >= 11 is 6.41. The summed E-state index contributed by atoms with van der Waals surface area (Å²) in [5.41, 5.74) is 0.453. The van der Waals surface area contributed by atoms with E-state index in [2.05, 4.69) is 10.2 Å². The fourth-order valence-corrected chi connectivity index (χ4v) is 3.94. The Bertz CT molecular complexity index is 1120. The lowest BCUT2D eigenvalue weighted by atomic mass is 10.0. The van der Waals surface area contributed by atoms with Crippen molar-refractivity contribution in [2.45, 2.75) is 11.8 Å². The van der Waals surface area contributed by atoms with Crippen molar-refractivity contribution in [3.05, 3.63) is 52.4 Å². The third-order valence-corrected chi connectivity index (χ3v) is 5.39. The van der Waals surface area contributed by atoms with Crippen LogP contribution in [0.3, 0.4) is 0 Å².